The van der Waals surface area contributed by atoms with Crippen LogP contribution in [0.3, 0.4) is 0 Å². The summed E-state index contributed by atoms with van der Waals surface area (Å²) in [4.78, 5) is 4.66. The van der Waals surface area contributed by atoms with Crippen molar-refractivity contribution in [1.29, 1.82) is 0 Å². The summed E-state index contributed by atoms with van der Waals surface area (Å²) in [7, 11) is 0. The van der Waals surface area contributed by atoms with Crippen LogP contribution in [-0.2, 0) is 12.0 Å². The molecule has 0 radical (unpaired) electrons. The molecule has 0 saturated carbocycles. The molecule has 0 spiro atoms. The number of halogens is 1. The van der Waals surface area contributed by atoms with E-state index in [1.54, 1.807) is 18.2 Å². The molecular weight excluding hydrogens is 265 g/mol. The highest BCUT2D eigenvalue weighted by atomic mass is 19.1. The van der Waals surface area contributed by atoms with Gasteiger partial charge in [-0.25, -0.2) is 9.37 Å². The number of unbranched alkanes of at least 4 members (excludes halogenated alkanes) is 1. The maximum atomic E-state index is 14.0. The number of hydrogen-bond acceptors (Lipinski definition) is 2. The lowest BCUT2D eigenvalue weighted by Gasteiger charge is -2.20. The van der Waals surface area contributed by atoms with Crippen LogP contribution in [0.1, 0.15) is 46.4 Å². The zero-order valence-corrected chi connectivity index (χ0v) is 13.3. The van der Waals surface area contributed by atoms with E-state index in [-0.39, 0.29) is 11.2 Å². The molecule has 2 N–H and O–H groups in total. The molecule has 0 aliphatic heterocycles. The number of imidazole rings is 1. The van der Waals surface area contributed by atoms with Crippen molar-refractivity contribution in [3.63, 3.8) is 0 Å². The summed E-state index contributed by atoms with van der Waals surface area (Å²) in [5.41, 5.74) is 7.16. The van der Waals surface area contributed by atoms with Crippen LogP contribution >= 0.6 is 0 Å². The second kappa shape index (κ2) is 5.88. The predicted octanol–water partition coefficient (Wildman–Crippen LogP) is 4.37. The molecule has 0 saturated heterocycles. The van der Waals surface area contributed by atoms with Crippen LogP contribution in [0, 0.1) is 5.82 Å². The van der Waals surface area contributed by atoms with Gasteiger partial charge >= 0.3 is 0 Å². The van der Waals surface area contributed by atoms with Gasteiger partial charge in [0.05, 0.1) is 0 Å². The first-order valence-electron chi connectivity index (χ1n) is 7.47. The molecule has 3 nitrogen and oxygen atoms in total. The Kier molecular flexibility index (Phi) is 4.35. The highest BCUT2D eigenvalue weighted by Gasteiger charge is 2.26. The summed E-state index contributed by atoms with van der Waals surface area (Å²) in [5.74, 6) is 1.18. The molecule has 1 heterocycles. The molecule has 0 aliphatic rings. The number of nitrogens with two attached hydrogens (primary N) is 1. The molecule has 0 fully saturated rings. The number of benzene rings is 1. The first-order valence-corrected chi connectivity index (χ1v) is 7.47. The van der Waals surface area contributed by atoms with Crippen molar-refractivity contribution in [2.24, 2.45) is 0 Å². The Bertz CT molecular complexity index is 623. The number of nitrogen functional groups attached to an aromatic ring is 1. The lowest BCUT2D eigenvalue weighted by Crippen LogP contribution is -2.20. The third-order valence-electron chi connectivity index (χ3n) is 3.54. The van der Waals surface area contributed by atoms with Crippen molar-refractivity contribution in [2.45, 2.75) is 52.5 Å². The monoisotopic (exact) mass is 289 g/mol. The Labute approximate surface area is 126 Å². The molecule has 2 aromatic rings. The first-order chi connectivity index (χ1) is 9.86. The van der Waals surface area contributed by atoms with Crippen LogP contribution < -0.4 is 5.73 Å². The summed E-state index contributed by atoms with van der Waals surface area (Å²) in [5, 5.41) is 0. The quantitative estimate of drug-likeness (QED) is 0.908. The van der Waals surface area contributed by atoms with Gasteiger partial charge in [0.15, 0.2) is 0 Å². The Morgan fingerprint density at radius 1 is 1.24 bits per heavy atom. The molecule has 0 aliphatic carbocycles. The molecule has 2 rings (SSSR count). The van der Waals surface area contributed by atoms with Gasteiger partial charge in [-0.15, -0.1) is 0 Å². The van der Waals surface area contributed by atoms with E-state index >= 15 is 0 Å². The largest absolute Gasteiger partial charge is 0.383 e. The average molecular weight is 289 g/mol. The van der Waals surface area contributed by atoms with Gasteiger partial charge < -0.3 is 10.3 Å². The second-order valence-corrected chi connectivity index (χ2v) is 6.40. The second-order valence-electron chi connectivity index (χ2n) is 6.40. The van der Waals surface area contributed by atoms with E-state index in [4.69, 9.17) is 5.73 Å². The van der Waals surface area contributed by atoms with E-state index in [9.17, 15) is 4.39 Å². The number of hydrogen-bond donors (Lipinski definition) is 1. The third kappa shape index (κ3) is 3.09. The SMILES string of the molecule is CCCCn1c(C(C)(C)C)nc(-c2ccccc2F)c1N. The number of anilines is 1. The molecule has 1 aromatic heterocycles. The first kappa shape index (κ1) is 15.5. The Balaban J connectivity index is 2.59. The van der Waals surface area contributed by atoms with E-state index in [1.807, 2.05) is 4.57 Å². The van der Waals surface area contributed by atoms with E-state index < -0.39 is 0 Å². The Morgan fingerprint density at radius 2 is 1.90 bits per heavy atom. The fraction of sp³-hybridized carbons (Fsp3) is 0.471. The van der Waals surface area contributed by atoms with Crippen molar-refractivity contribution in [3.05, 3.63) is 35.9 Å². The molecular formula is C17H24FN3. The normalized spacial score (nSPS) is 11.9. The molecule has 0 amide bonds. The van der Waals surface area contributed by atoms with Gasteiger partial charge in [-0.2, -0.15) is 0 Å². The van der Waals surface area contributed by atoms with Gasteiger partial charge in [0.2, 0.25) is 0 Å². The van der Waals surface area contributed by atoms with Crippen molar-refractivity contribution < 1.29 is 4.39 Å². The standard InChI is InChI=1S/C17H24FN3/c1-5-6-11-21-15(19)14(20-16(21)17(2,3)4)12-9-7-8-10-13(12)18/h7-10H,5-6,11,19H2,1-4H3. The minimum Gasteiger partial charge on any atom is -0.383 e. The van der Waals surface area contributed by atoms with Crippen LogP contribution in [0.5, 0.6) is 0 Å². The van der Waals surface area contributed by atoms with Gasteiger partial charge in [0.1, 0.15) is 23.2 Å². The summed E-state index contributed by atoms with van der Waals surface area (Å²) >= 11 is 0. The molecule has 0 bridgehead atoms. The molecule has 114 valence electrons. The average Bonchev–Trinajstić information content (AvgIpc) is 2.74. The molecule has 0 atom stereocenters. The topological polar surface area (TPSA) is 43.8 Å². The van der Waals surface area contributed by atoms with Crippen molar-refractivity contribution >= 4 is 5.82 Å². The fourth-order valence-corrected chi connectivity index (χ4v) is 2.43. The third-order valence-corrected chi connectivity index (χ3v) is 3.54. The van der Waals surface area contributed by atoms with Crippen molar-refractivity contribution in [2.75, 3.05) is 5.73 Å². The van der Waals surface area contributed by atoms with E-state index in [2.05, 4.69) is 32.7 Å². The molecule has 1 aromatic carbocycles. The van der Waals surface area contributed by atoms with E-state index in [0.717, 1.165) is 25.2 Å². The van der Waals surface area contributed by atoms with Gasteiger partial charge in [0.25, 0.3) is 0 Å². The maximum absolute atomic E-state index is 14.0. The smallest absolute Gasteiger partial charge is 0.132 e. The Hall–Kier alpha value is -1.84. The lowest BCUT2D eigenvalue weighted by molar-refractivity contribution is 0.491. The van der Waals surface area contributed by atoms with Gasteiger partial charge in [0, 0.05) is 17.5 Å². The molecule has 4 heteroatoms. The fourth-order valence-electron chi connectivity index (χ4n) is 2.43. The number of rotatable bonds is 4. The van der Waals surface area contributed by atoms with Crippen LogP contribution in [0.2, 0.25) is 0 Å². The van der Waals surface area contributed by atoms with Crippen molar-refractivity contribution in [1.82, 2.24) is 9.55 Å². The summed E-state index contributed by atoms with van der Waals surface area (Å²) in [6.45, 7) is 9.26. The Morgan fingerprint density at radius 3 is 2.48 bits per heavy atom. The number of aromatic nitrogens is 2. The highest BCUT2D eigenvalue weighted by Crippen LogP contribution is 2.33. The van der Waals surface area contributed by atoms with Gasteiger partial charge in [-0.3, -0.25) is 0 Å². The highest BCUT2D eigenvalue weighted by molar-refractivity contribution is 5.71. The van der Waals surface area contributed by atoms with Crippen LogP contribution in [-0.4, -0.2) is 9.55 Å². The van der Waals surface area contributed by atoms with Gasteiger partial charge in [-0.05, 0) is 18.6 Å². The van der Waals surface area contributed by atoms with Crippen LogP contribution in [0.25, 0.3) is 11.3 Å². The van der Waals surface area contributed by atoms with Gasteiger partial charge in [-0.1, -0.05) is 46.2 Å². The predicted molar refractivity (Wildman–Crippen MR) is 85.6 cm³/mol. The molecule has 21 heavy (non-hydrogen) atoms. The van der Waals surface area contributed by atoms with Crippen LogP contribution in [0.15, 0.2) is 24.3 Å². The minimum atomic E-state index is -0.287. The lowest BCUT2D eigenvalue weighted by atomic mass is 9.95. The number of nitrogens with zero attached hydrogens (tertiary/aromatic N) is 2. The minimum absolute atomic E-state index is 0.134. The van der Waals surface area contributed by atoms with Crippen molar-refractivity contribution in [3.8, 4) is 11.3 Å². The van der Waals surface area contributed by atoms with E-state index in [0.29, 0.717) is 17.1 Å². The summed E-state index contributed by atoms with van der Waals surface area (Å²) in [6, 6.07) is 6.65. The summed E-state index contributed by atoms with van der Waals surface area (Å²) < 4.78 is 16.1. The maximum Gasteiger partial charge on any atom is 0.132 e. The zero-order valence-electron chi connectivity index (χ0n) is 13.3. The molecule has 0 unspecified atom stereocenters. The summed E-state index contributed by atoms with van der Waals surface area (Å²) in [6.07, 6.45) is 2.11. The van der Waals surface area contributed by atoms with Crippen LogP contribution in [0.4, 0.5) is 10.2 Å². The zero-order chi connectivity index (χ0) is 15.6. The van der Waals surface area contributed by atoms with E-state index in [1.165, 1.54) is 6.07 Å².